The monoisotopic (exact) mass is 475 g/mol. The molecule has 1 aliphatic carbocycles. The molecule has 6 nitrogen and oxygen atoms in total. The van der Waals surface area contributed by atoms with Crippen LogP contribution in [-0.4, -0.2) is 25.7 Å². The van der Waals surface area contributed by atoms with E-state index in [0.717, 1.165) is 21.8 Å². The molecule has 1 N–H and O–H groups in total. The highest BCUT2D eigenvalue weighted by atomic mass is 32.1. The Morgan fingerprint density at radius 3 is 2.53 bits per heavy atom. The molecule has 0 aromatic carbocycles. The van der Waals surface area contributed by atoms with Crippen molar-refractivity contribution in [3.8, 4) is 10.6 Å². The van der Waals surface area contributed by atoms with Crippen molar-refractivity contribution >= 4 is 17.2 Å². The Labute approximate surface area is 181 Å². The van der Waals surface area contributed by atoms with Crippen molar-refractivity contribution < 1.29 is 31.1 Å². The molecule has 0 unspecified atom stereocenters. The Bertz CT molecular complexity index is 1170. The van der Waals surface area contributed by atoms with Crippen molar-refractivity contribution in [2.75, 3.05) is 0 Å². The minimum Gasteiger partial charge on any atom is -0.342 e. The number of carbonyl (C=O) groups is 1. The van der Waals surface area contributed by atoms with Crippen molar-refractivity contribution in [2.45, 2.75) is 37.7 Å². The second-order valence-electron chi connectivity index (χ2n) is 7.21. The molecule has 0 bridgehead atoms. The standard InChI is InChI=1S/C19H15F6N5OS/c1-30-11(8-14(29-30)19(23,24)25)16(31)27-10-3-2-4-12-15(10)28-17(32-12)9-5-6-26-13(7-9)18(20,21)22/h5-8,10H,2-4H2,1H3,(H,27,31)/t10-/m0/s1. The number of carbonyl (C=O) groups excluding carboxylic acids is 1. The van der Waals surface area contributed by atoms with Crippen LogP contribution in [0.25, 0.3) is 10.6 Å². The third kappa shape index (κ3) is 4.33. The van der Waals surface area contributed by atoms with Crippen LogP contribution in [0.15, 0.2) is 24.4 Å². The first-order valence-electron chi connectivity index (χ1n) is 9.39. The predicted molar refractivity (Wildman–Crippen MR) is 102 cm³/mol. The van der Waals surface area contributed by atoms with Gasteiger partial charge in [-0.15, -0.1) is 11.3 Å². The van der Waals surface area contributed by atoms with Gasteiger partial charge in [0.25, 0.3) is 5.91 Å². The van der Waals surface area contributed by atoms with Crippen LogP contribution < -0.4 is 5.32 Å². The lowest BCUT2D eigenvalue weighted by molar-refractivity contribution is -0.142. The summed E-state index contributed by atoms with van der Waals surface area (Å²) in [6.07, 6.45) is -6.41. The molecule has 0 radical (unpaired) electrons. The first-order chi connectivity index (χ1) is 14.9. The summed E-state index contributed by atoms with van der Waals surface area (Å²) in [5, 5.41) is 6.36. The molecule has 3 heterocycles. The van der Waals surface area contributed by atoms with Gasteiger partial charge in [0.05, 0.1) is 11.7 Å². The maximum atomic E-state index is 13.0. The number of amides is 1. The summed E-state index contributed by atoms with van der Waals surface area (Å²) in [7, 11) is 1.24. The summed E-state index contributed by atoms with van der Waals surface area (Å²) in [5.41, 5.74) is -1.72. The molecule has 0 aliphatic heterocycles. The van der Waals surface area contributed by atoms with E-state index in [1.54, 1.807) is 0 Å². The van der Waals surface area contributed by atoms with E-state index in [1.807, 2.05) is 0 Å². The Morgan fingerprint density at radius 1 is 1.16 bits per heavy atom. The van der Waals surface area contributed by atoms with Crippen molar-refractivity contribution in [3.05, 3.63) is 52.0 Å². The first-order valence-corrected chi connectivity index (χ1v) is 10.2. The van der Waals surface area contributed by atoms with Gasteiger partial charge in [0.1, 0.15) is 16.4 Å². The van der Waals surface area contributed by atoms with E-state index in [9.17, 15) is 31.1 Å². The average Bonchev–Trinajstić information content (AvgIpc) is 3.32. The van der Waals surface area contributed by atoms with Crippen LogP contribution >= 0.6 is 11.3 Å². The molecular weight excluding hydrogens is 460 g/mol. The molecule has 3 aromatic rings. The molecule has 0 fully saturated rings. The fraction of sp³-hybridized carbons (Fsp3) is 0.368. The van der Waals surface area contributed by atoms with Gasteiger partial charge in [0.15, 0.2) is 5.69 Å². The molecule has 0 saturated carbocycles. The van der Waals surface area contributed by atoms with E-state index < -0.39 is 35.7 Å². The number of alkyl halides is 6. The molecule has 170 valence electrons. The minimum absolute atomic E-state index is 0.248. The number of nitrogens with zero attached hydrogens (tertiary/aromatic N) is 4. The Balaban J connectivity index is 1.60. The number of nitrogens with one attached hydrogen (secondary N) is 1. The number of aryl methyl sites for hydroxylation is 2. The van der Waals surface area contributed by atoms with Crippen LogP contribution in [0.4, 0.5) is 26.3 Å². The topological polar surface area (TPSA) is 72.7 Å². The van der Waals surface area contributed by atoms with Crippen LogP contribution in [0, 0.1) is 0 Å². The van der Waals surface area contributed by atoms with E-state index in [2.05, 4.69) is 20.4 Å². The fourth-order valence-corrected chi connectivity index (χ4v) is 4.61. The summed E-state index contributed by atoms with van der Waals surface area (Å²) in [5.74, 6) is -0.744. The summed E-state index contributed by atoms with van der Waals surface area (Å²) >= 11 is 1.22. The van der Waals surface area contributed by atoms with Gasteiger partial charge in [0.2, 0.25) is 0 Å². The van der Waals surface area contributed by atoms with Gasteiger partial charge >= 0.3 is 12.4 Å². The van der Waals surface area contributed by atoms with Gasteiger partial charge in [-0.2, -0.15) is 31.4 Å². The highest BCUT2D eigenvalue weighted by Crippen LogP contribution is 2.38. The first kappa shape index (κ1) is 22.2. The van der Waals surface area contributed by atoms with Crippen molar-refractivity contribution in [1.29, 1.82) is 0 Å². The van der Waals surface area contributed by atoms with Crippen LogP contribution in [0.5, 0.6) is 0 Å². The zero-order valence-corrected chi connectivity index (χ0v) is 17.2. The summed E-state index contributed by atoms with van der Waals surface area (Å²) in [6.45, 7) is 0. The number of halogens is 6. The third-order valence-corrected chi connectivity index (χ3v) is 6.14. The van der Waals surface area contributed by atoms with E-state index in [0.29, 0.717) is 36.0 Å². The van der Waals surface area contributed by atoms with E-state index in [4.69, 9.17) is 0 Å². The zero-order chi connectivity index (χ0) is 23.3. The van der Waals surface area contributed by atoms with Crippen LogP contribution in [0.3, 0.4) is 0 Å². The molecule has 13 heteroatoms. The molecular formula is C19H15F6N5OS. The third-order valence-electron chi connectivity index (χ3n) is 4.96. The quantitative estimate of drug-likeness (QED) is 0.554. The molecule has 0 saturated heterocycles. The number of thiazole rings is 1. The largest absolute Gasteiger partial charge is 0.435 e. The fourth-order valence-electron chi connectivity index (χ4n) is 3.45. The molecule has 3 aromatic heterocycles. The van der Waals surface area contributed by atoms with Crippen molar-refractivity contribution in [1.82, 2.24) is 25.1 Å². The Kier molecular flexibility index (Phi) is 5.47. The van der Waals surface area contributed by atoms with E-state index in [-0.39, 0.29) is 11.3 Å². The lowest BCUT2D eigenvalue weighted by atomic mass is 9.97. The second kappa shape index (κ2) is 7.87. The maximum Gasteiger partial charge on any atom is 0.435 e. The number of hydrogen-bond acceptors (Lipinski definition) is 5. The van der Waals surface area contributed by atoms with Gasteiger partial charge in [-0.25, -0.2) is 4.98 Å². The summed E-state index contributed by atoms with van der Waals surface area (Å²) in [4.78, 5) is 21.2. The SMILES string of the molecule is Cn1nc(C(F)(F)F)cc1C(=O)N[C@H]1CCCc2sc(-c3ccnc(C(F)(F)F)c3)nc21. The molecule has 1 aliphatic rings. The van der Waals surface area contributed by atoms with Crippen molar-refractivity contribution in [2.24, 2.45) is 7.05 Å². The molecule has 1 atom stereocenters. The van der Waals surface area contributed by atoms with Crippen molar-refractivity contribution in [3.63, 3.8) is 0 Å². The molecule has 0 spiro atoms. The van der Waals surface area contributed by atoms with Crippen LogP contribution in [0.2, 0.25) is 0 Å². The predicted octanol–water partition coefficient (Wildman–Crippen LogP) is 4.78. The molecule has 32 heavy (non-hydrogen) atoms. The number of fused-ring (bicyclic) bond motifs is 1. The number of hydrogen-bond donors (Lipinski definition) is 1. The smallest absolute Gasteiger partial charge is 0.342 e. The summed E-state index contributed by atoms with van der Waals surface area (Å²) < 4.78 is 78.4. The van der Waals surface area contributed by atoms with E-state index in [1.165, 1.54) is 24.5 Å². The Morgan fingerprint density at radius 2 is 1.88 bits per heavy atom. The highest BCUT2D eigenvalue weighted by molar-refractivity contribution is 7.15. The zero-order valence-electron chi connectivity index (χ0n) is 16.4. The molecule has 4 rings (SSSR count). The van der Waals surface area contributed by atoms with Crippen LogP contribution in [0.1, 0.15) is 51.3 Å². The van der Waals surface area contributed by atoms with Gasteiger partial charge in [0, 0.05) is 29.8 Å². The number of rotatable bonds is 3. The lowest BCUT2D eigenvalue weighted by Crippen LogP contribution is -2.32. The number of pyridine rings is 1. The lowest BCUT2D eigenvalue weighted by Gasteiger charge is -2.22. The average molecular weight is 475 g/mol. The normalized spacial score (nSPS) is 16.7. The van der Waals surface area contributed by atoms with Gasteiger partial charge in [-0.3, -0.25) is 14.5 Å². The highest BCUT2D eigenvalue weighted by Gasteiger charge is 2.36. The number of aromatic nitrogens is 4. The minimum atomic E-state index is -4.68. The Hall–Kier alpha value is -2.96. The van der Waals surface area contributed by atoms with Crippen LogP contribution in [-0.2, 0) is 25.8 Å². The second-order valence-corrected chi connectivity index (χ2v) is 8.29. The summed E-state index contributed by atoms with van der Waals surface area (Å²) in [6, 6.07) is 2.42. The maximum absolute atomic E-state index is 13.0. The van der Waals surface area contributed by atoms with Gasteiger partial charge < -0.3 is 5.32 Å². The van der Waals surface area contributed by atoms with E-state index >= 15 is 0 Å². The van der Waals surface area contributed by atoms with Gasteiger partial charge in [-0.1, -0.05) is 0 Å². The molecule has 1 amide bonds. The van der Waals surface area contributed by atoms with Gasteiger partial charge in [-0.05, 0) is 31.4 Å².